The van der Waals surface area contributed by atoms with Gasteiger partial charge in [-0.2, -0.15) is 5.10 Å². The second-order valence-corrected chi connectivity index (χ2v) is 10.6. The van der Waals surface area contributed by atoms with Crippen LogP contribution in [0.2, 0.25) is 0 Å². The van der Waals surface area contributed by atoms with Gasteiger partial charge in [-0.1, -0.05) is 0 Å². The van der Waals surface area contributed by atoms with Crippen molar-refractivity contribution in [3.05, 3.63) is 47.8 Å². The topological polar surface area (TPSA) is 80.6 Å². The number of piperidine rings is 1. The molecule has 1 aromatic carbocycles. The Hall–Kier alpha value is -3.56. The minimum absolute atomic E-state index is 0.00120. The molecule has 2 amide bonds. The Labute approximate surface area is 213 Å². The first-order valence-corrected chi connectivity index (χ1v) is 12.9. The zero-order valence-corrected chi connectivity index (χ0v) is 20.8. The second-order valence-electron chi connectivity index (χ2n) is 10.6. The molecule has 3 aromatic rings. The summed E-state index contributed by atoms with van der Waals surface area (Å²) in [6, 6.07) is 3.80. The van der Waals surface area contributed by atoms with Gasteiger partial charge in [-0.05, 0) is 63.6 Å². The molecule has 0 bridgehead atoms. The molecule has 194 valence electrons. The molecular weight excluding hydrogens is 480 g/mol. The minimum atomic E-state index is -0.758. The van der Waals surface area contributed by atoms with Crippen molar-refractivity contribution in [1.29, 1.82) is 0 Å². The van der Waals surface area contributed by atoms with E-state index in [0.717, 1.165) is 61.6 Å². The summed E-state index contributed by atoms with van der Waals surface area (Å²) < 4.78 is 37.4. The maximum Gasteiger partial charge on any atom is 0.410 e. The molecule has 6 rings (SSSR count). The molecule has 0 unspecified atom stereocenters. The molecule has 0 atom stereocenters. The molecule has 3 aliphatic rings. The van der Waals surface area contributed by atoms with Gasteiger partial charge in [-0.15, -0.1) is 0 Å². The Bertz CT molecular complexity index is 1370. The number of halogens is 2. The van der Waals surface area contributed by atoms with Crippen molar-refractivity contribution >= 4 is 22.9 Å². The van der Waals surface area contributed by atoms with Crippen molar-refractivity contribution in [2.24, 2.45) is 0 Å². The smallest absolute Gasteiger partial charge is 0.410 e. The number of amides is 2. The SMILES string of the molecule is CC1(OC(=O)N2CCC(n3ncc4cc(-c5cc(F)c(C(=O)N6CCCC6)cc5F)ncc43)CC2)CC1. The first kappa shape index (κ1) is 23.8. The molecule has 8 nitrogen and oxygen atoms in total. The van der Waals surface area contributed by atoms with E-state index in [0.29, 0.717) is 26.2 Å². The van der Waals surface area contributed by atoms with E-state index in [4.69, 9.17) is 4.74 Å². The summed E-state index contributed by atoms with van der Waals surface area (Å²) in [4.78, 5) is 32.7. The summed E-state index contributed by atoms with van der Waals surface area (Å²) >= 11 is 0. The number of hydrogen-bond acceptors (Lipinski definition) is 5. The number of fused-ring (bicyclic) bond motifs is 1. The third-order valence-corrected chi connectivity index (χ3v) is 7.79. The molecule has 2 saturated heterocycles. The van der Waals surface area contributed by atoms with Crippen molar-refractivity contribution < 1.29 is 23.1 Å². The van der Waals surface area contributed by atoms with Gasteiger partial charge in [0.05, 0.1) is 35.2 Å². The van der Waals surface area contributed by atoms with Crippen LogP contribution in [0.3, 0.4) is 0 Å². The Morgan fingerprint density at radius 3 is 2.41 bits per heavy atom. The number of rotatable bonds is 4. The number of carbonyl (C=O) groups excluding carboxylic acids is 2. The van der Waals surface area contributed by atoms with Gasteiger partial charge in [0, 0.05) is 37.1 Å². The van der Waals surface area contributed by atoms with Gasteiger partial charge < -0.3 is 14.5 Å². The number of carbonyl (C=O) groups is 2. The largest absolute Gasteiger partial charge is 0.443 e. The van der Waals surface area contributed by atoms with Crippen molar-refractivity contribution in [1.82, 2.24) is 24.6 Å². The third kappa shape index (κ3) is 4.53. The molecule has 3 fully saturated rings. The van der Waals surface area contributed by atoms with E-state index in [2.05, 4.69) is 10.1 Å². The molecule has 1 saturated carbocycles. The first-order chi connectivity index (χ1) is 17.8. The lowest BCUT2D eigenvalue weighted by Crippen LogP contribution is -2.41. The van der Waals surface area contributed by atoms with E-state index >= 15 is 4.39 Å². The molecular formula is C27H29F2N5O3. The van der Waals surface area contributed by atoms with Crippen LogP contribution in [-0.2, 0) is 4.74 Å². The van der Waals surface area contributed by atoms with E-state index in [1.54, 1.807) is 28.3 Å². The highest BCUT2D eigenvalue weighted by Crippen LogP contribution is 2.39. The van der Waals surface area contributed by atoms with Gasteiger partial charge in [0.15, 0.2) is 0 Å². The lowest BCUT2D eigenvalue weighted by atomic mass is 10.0. The van der Waals surface area contributed by atoms with E-state index in [-0.39, 0.29) is 34.6 Å². The average Bonchev–Trinajstić information content (AvgIpc) is 3.28. The van der Waals surface area contributed by atoms with Crippen LogP contribution in [0.15, 0.2) is 30.6 Å². The van der Waals surface area contributed by atoms with Crippen LogP contribution in [0.4, 0.5) is 13.6 Å². The molecule has 10 heteroatoms. The fourth-order valence-electron chi connectivity index (χ4n) is 5.23. The van der Waals surface area contributed by atoms with Crippen LogP contribution < -0.4 is 0 Å². The summed E-state index contributed by atoms with van der Waals surface area (Å²) in [6.45, 7) is 4.25. The van der Waals surface area contributed by atoms with Gasteiger partial charge in [0.25, 0.3) is 5.91 Å². The highest BCUT2D eigenvalue weighted by atomic mass is 19.1. The standard InChI is InChI=1S/C27H29F2N5O3/c1-27(6-7-27)37-26(36)33-10-4-18(5-11-33)34-24-16-30-23(12-17(24)15-31-34)19-13-22(29)20(14-21(19)28)25(35)32-8-2-3-9-32/h12-16,18H,2-11H2,1H3. The molecule has 0 N–H and O–H groups in total. The van der Waals surface area contributed by atoms with Crippen molar-refractivity contribution in [3.8, 4) is 11.3 Å². The number of aromatic nitrogens is 3. The van der Waals surface area contributed by atoms with Crippen molar-refractivity contribution in [3.63, 3.8) is 0 Å². The van der Waals surface area contributed by atoms with E-state index in [9.17, 15) is 14.0 Å². The normalized spacial score (nSPS) is 19.4. The van der Waals surface area contributed by atoms with Gasteiger partial charge >= 0.3 is 6.09 Å². The van der Waals surface area contributed by atoms with Crippen LogP contribution in [0.25, 0.3) is 22.2 Å². The van der Waals surface area contributed by atoms with Gasteiger partial charge in [0.2, 0.25) is 0 Å². The zero-order valence-electron chi connectivity index (χ0n) is 20.8. The van der Waals surface area contributed by atoms with Crippen LogP contribution in [0.5, 0.6) is 0 Å². The fraction of sp³-hybridized carbons (Fsp3) is 0.481. The summed E-state index contributed by atoms with van der Waals surface area (Å²) in [7, 11) is 0. The Kier molecular flexibility index (Phi) is 5.84. The number of ether oxygens (including phenoxy) is 1. The maximum atomic E-state index is 15.0. The van der Waals surface area contributed by atoms with Crippen molar-refractivity contribution in [2.45, 2.75) is 57.1 Å². The second kappa shape index (κ2) is 9.08. The Morgan fingerprint density at radius 2 is 1.70 bits per heavy atom. The van der Waals surface area contributed by atoms with Crippen molar-refractivity contribution in [2.75, 3.05) is 26.2 Å². The first-order valence-electron chi connectivity index (χ1n) is 12.9. The number of hydrogen-bond donors (Lipinski definition) is 0. The number of likely N-dealkylation sites (tertiary alicyclic amines) is 2. The highest BCUT2D eigenvalue weighted by molar-refractivity contribution is 5.95. The Morgan fingerprint density at radius 1 is 0.973 bits per heavy atom. The lowest BCUT2D eigenvalue weighted by Gasteiger charge is -2.32. The predicted molar refractivity (Wildman–Crippen MR) is 132 cm³/mol. The van der Waals surface area contributed by atoms with E-state index < -0.39 is 17.5 Å². The summed E-state index contributed by atoms with van der Waals surface area (Å²) in [5.74, 6) is -1.93. The number of pyridine rings is 1. The summed E-state index contributed by atoms with van der Waals surface area (Å²) in [6.07, 6.45) is 8.10. The minimum Gasteiger partial charge on any atom is -0.443 e. The number of nitrogens with zero attached hydrogens (tertiary/aromatic N) is 5. The van der Waals surface area contributed by atoms with E-state index in [1.807, 2.05) is 11.6 Å². The molecule has 2 aliphatic heterocycles. The molecule has 0 spiro atoms. The molecule has 37 heavy (non-hydrogen) atoms. The average molecular weight is 510 g/mol. The summed E-state index contributed by atoms with van der Waals surface area (Å²) in [5.41, 5.74) is 0.522. The van der Waals surface area contributed by atoms with Gasteiger partial charge in [0.1, 0.15) is 17.2 Å². The van der Waals surface area contributed by atoms with E-state index in [1.165, 1.54) is 0 Å². The number of benzene rings is 1. The van der Waals surface area contributed by atoms with Gasteiger partial charge in [-0.25, -0.2) is 13.6 Å². The molecule has 2 aromatic heterocycles. The third-order valence-electron chi connectivity index (χ3n) is 7.79. The zero-order chi connectivity index (χ0) is 25.7. The van der Waals surface area contributed by atoms with Gasteiger partial charge in [-0.3, -0.25) is 14.5 Å². The molecule has 4 heterocycles. The van der Waals surface area contributed by atoms with Crippen LogP contribution in [-0.4, -0.2) is 68.3 Å². The summed E-state index contributed by atoms with van der Waals surface area (Å²) in [5, 5.41) is 5.29. The molecule has 1 aliphatic carbocycles. The lowest BCUT2D eigenvalue weighted by molar-refractivity contribution is 0.0492. The van der Waals surface area contributed by atoms with Crippen LogP contribution >= 0.6 is 0 Å². The fourth-order valence-corrected chi connectivity index (χ4v) is 5.23. The monoisotopic (exact) mass is 509 g/mol. The highest BCUT2D eigenvalue weighted by Gasteiger charge is 2.43. The molecule has 0 radical (unpaired) electrons. The maximum absolute atomic E-state index is 15.0. The Balaban J connectivity index is 1.18. The predicted octanol–water partition coefficient (Wildman–Crippen LogP) is 4.94. The quantitative estimate of drug-likeness (QED) is 0.498. The van der Waals surface area contributed by atoms with Crippen LogP contribution in [0, 0.1) is 11.6 Å². The van der Waals surface area contributed by atoms with Crippen LogP contribution in [0.1, 0.15) is 61.8 Å².